The quantitative estimate of drug-likeness (QED) is 0.330. The van der Waals surface area contributed by atoms with Gasteiger partial charge in [0, 0.05) is 16.7 Å². The fourth-order valence-electron chi connectivity index (χ4n) is 2.92. The molecule has 0 fully saturated rings. The van der Waals surface area contributed by atoms with E-state index in [0.29, 0.717) is 22.0 Å². The van der Waals surface area contributed by atoms with Gasteiger partial charge < -0.3 is 20.3 Å². The van der Waals surface area contributed by atoms with Gasteiger partial charge in [0.25, 0.3) is 11.8 Å². The summed E-state index contributed by atoms with van der Waals surface area (Å²) in [6.07, 6.45) is 0. The van der Waals surface area contributed by atoms with E-state index >= 15 is 0 Å². The molecule has 0 radical (unpaired) electrons. The van der Waals surface area contributed by atoms with Crippen LogP contribution >= 0.6 is 11.6 Å². The van der Waals surface area contributed by atoms with Crippen molar-refractivity contribution in [3.05, 3.63) is 82.4 Å². The lowest BCUT2D eigenvalue weighted by molar-refractivity contribution is 0.0955. The van der Waals surface area contributed by atoms with Crippen molar-refractivity contribution in [1.29, 1.82) is 0 Å². The summed E-state index contributed by atoms with van der Waals surface area (Å²) in [6, 6.07) is 15.1. The molecule has 0 aliphatic heterocycles. The predicted molar refractivity (Wildman–Crippen MR) is 122 cm³/mol. The lowest BCUT2D eigenvalue weighted by Gasteiger charge is -2.12. The van der Waals surface area contributed by atoms with Crippen LogP contribution in [0.5, 0.6) is 17.2 Å². The lowest BCUT2D eigenvalue weighted by atomic mass is 10.1. The van der Waals surface area contributed by atoms with Crippen molar-refractivity contribution in [1.82, 2.24) is 5.43 Å². The molecule has 0 unspecified atom stereocenters. The summed E-state index contributed by atoms with van der Waals surface area (Å²) >= 11 is 6.00. The number of hydrogen-bond donors (Lipinski definition) is 4. The van der Waals surface area contributed by atoms with Crippen LogP contribution in [0.15, 0.2) is 65.8 Å². The zero-order chi connectivity index (χ0) is 23.3. The topological polar surface area (TPSA) is 120 Å². The van der Waals surface area contributed by atoms with Crippen molar-refractivity contribution in [2.75, 3.05) is 12.4 Å². The highest BCUT2D eigenvalue weighted by atomic mass is 35.5. The largest absolute Gasteiger partial charge is 0.508 e. The molecule has 3 aromatic rings. The minimum absolute atomic E-state index is 0.0934. The van der Waals surface area contributed by atoms with Gasteiger partial charge in [0.1, 0.15) is 17.2 Å². The standard InChI is InChI=1S/C23H20ClN3O5/c1-13(16-9-8-15(28)12-20(16)29)26-27-23(31)17-5-3-4-6-19(17)25-22(30)18-11-14(24)7-10-21(18)32-2/h3-12,28-29H,1-2H3,(H,25,30)(H,27,31)/b26-13+. The molecule has 0 bridgehead atoms. The molecular formula is C23H20ClN3O5. The molecule has 164 valence electrons. The maximum Gasteiger partial charge on any atom is 0.273 e. The van der Waals surface area contributed by atoms with Gasteiger partial charge in [0.15, 0.2) is 0 Å². The van der Waals surface area contributed by atoms with Gasteiger partial charge in [-0.05, 0) is 49.4 Å². The Morgan fingerprint density at radius 2 is 1.69 bits per heavy atom. The van der Waals surface area contributed by atoms with Crippen LogP contribution in [0.1, 0.15) is 33.2 Å². The Morgan fingerprint density at radius 3 is 2.41 bits per heavy atom. The van der Waals surface area contributed by atoms with Gasteiger partial charge in [-0.3, -0.25) is 9.59 Å². The van der Waals surface area contributed by atoms with Gasteiger partial charge in [-0.15, -0.1) is 0 Å². The highest BCUT2D eigenvalue weighted by Crippen LogP contribution is 2.25. The van der Waals surface area contributed by atoms with Crippen LogP contribution < -0.4 is 15.5 Å². The fourth-order valence-corrected chi connectivity index (χ4v) is 3.09. The predicted octanol–water partition coefficient (Wildman–Crippen LogP) is 4.17. The van der Waals surface area contributed by atoms with E-state index in [4.69, 9.17) is 16.3 Å². The maximum atomic E-state index is 12.8. The van der Waals surface area contributed by atoms with Gasteiger partial charge in [0.05, 0.1) is 29.6 Å². The van der Waals surface area contributed by atoms with Crippen LogP contribution in [0, 0.1) is 0 Å². The highest BCUT2D eigenvalue weighted by molar-refractivity contribution is 6.31. The number of ether oxygens (including phenoxy) is 1. The summed E-state index contributed by atoms with van der Waals surface area (Å²) < 4.78 is 5.21. The molecule has 0 heterocycles. The summed E-state index contributed by atoms with van der Waals surface area (Å²) in [5, 5.41) is 26.4. The third-order valence-electron chi connectivity index (χ3n) is 4.52. The lowest BCUT2D eigenvalue weighted by Crippen LogP contribution is -2.22. The minimum atomic E-state index is -0.573. The number of hydrogen-bond acceptors (Lipinski definition) is 6. The second-order valence-corrected chi connectivity index (χ2v) is 7.12. The third kappa shape index (κ3) is 5.16. The number of hydrazone groups is 1. The number of para-hydroxylation sites is 1. The molecule has 3 rings (SSSR count). The van der Waals surface area contributed by atoms with E-state index in [1.165, 1.54) is 37.4 Å². The Balaban J connectivity index is 1.81. The number of phenols is 2. The smallest absolute Gasteiger partial charge is 0.273 e. The van der Waals surface area contributed by atoms with Crippen molar-refractivity contribution >= 4 is 34.8 Å². The number of phenolic OH excluding ortho intramolecular Hbond substituents is 2. The number of carbonyl (C=O) groups excluding carboxylic acids is 2. The van der Waals surface area contributed by atoms with Crippen molar-refractivity contribution in [2.24, 2.45) is 5.10 Å². The Kier molecular flexibility index (Phi) is 6.97. The van der Waals surface area contributed by atoms with Crippen molar-refractivity contribution in [2.45, 2.75) is 6.92 Å². The molecule has 0 aliphatic carbocycles. The second-order valence-electron chi connectivity index (χ2n) is 6.68. The molecular weight excluding hydrogens is 434 g/mol. The van der Waals surface area contributed by atoms with Gasteiger partial charge in [-0.2, -0.15) is 5.10 Å². The summed E-state index contributed by atoms with van der Waals surface area (Å²) in [5.74, 6) is -1.01. The Hall–Kier alpha value is -4.04. The summed E-state index contributed by atoms with van der Waals surface area (Å²) in [7, 11) is 1.44. The van der Waals surface area contributed by atoms with E-state index in [2.05, 4.69) is 15.8 Å². The monoisotopic (exact) mass is 453 g/mol. The number of rotatable bonds is 6. The Labute approximate surface area is 189 Å². The third-order valence-corrected chi connectivity index (χ3v) is 4.76. The summed E-state index contributed by atoms with van der Waals surface area (Å²) in [4.78, 5) is 25.5. The molecule has 0 aliphatic rings. The Bertz CT molecular complexity index is 1210. The number of amides is 2. The van der Waals surface area contributed by atoms with Gasteiger partial charge in [0.2, 0.25) is 0 Å². The van der Waals surface area contributed by atoms with E-state index in [0.717, 1.165) is 0 Å². The first-order chi connectivity index (χ1) is 15.3. The first kappa shape index (κ1) is 22.6. The van der Waals surface area contributed by atoms with Crippen LogP contribution in [0.25, 0.3) is 0 Å². The van der Waals surface area contributed by atoms with E-state index in [9.17, 15) is 19.8 Å². The molecule has 4 N–H and O–H groups in total. The number of halogens is 1. The summed E-state index contributed by atoms with van der Waals surface area (Å²) in [6.45, 7) is 1.59. The van der Waals surface area contributed by atoms with E-state index < -0.39 is 11.8 Å². The Morgan fingerprint density at radius 1 is 0.938 bits per heavy atom. The van der Waals surface area contributed by atoms with Crippen molar-refractivity contribution in [3.63, 3.8) is 0 Å². The van der Waals surface area contributed by atoms with E-state index in [1.807, 2.05) is 0 Å². The van der Waals surface area contributed by atoms with Crippen LogP contribution in [0.4, 0.5) is 5.69 Å². The fraction of sp³-hybridized carbons (Fsp3) is 0.0870. The SMILES string of the molecule is COc1ccc(Cl)cc1C(=O)Nc1ccccc1C(=O)N/N=C(\C)c1ccc(O)cc1O. The molecule has 2 amide bonds. The molecule has 32 heavy (non-hydrogen) atoms. The zero-order valence-corrected chi connectivity index (χ0v) is 18.0. The van der Waals surface area contributed by atoms with Gasteiger partial charge in [-0.1, -0.05) is 23.7 Å². The second kappa shape index (κ2) is 9.84. The average Bonchev–Trinajstić information content (AvgIpc) is 2.77. The first-order valence-corrected chi connectivity index (χ1v) is 9.79. The molecule has 0 atom stereocenters. The van der Waals surface area contributed by atoms with Gasteiger partial charge >= 0.3 is 0 Å². The molecule has 0 spiro atoms. The molecule has 0 saturated carbocycles. The minimum Gasteiger partial charge on any atom is -0.508 e. The number of benzene rings is 3. The number of nitrogens with one attached hydrogen (secondary N) is 2. The van der Waals surface area contributed by atoms with Gasteiger partial charge in [-0.25, -0.2) is 5.43 Å². The van der Waals surface area contributed by atoms with E-state index in [1.54, 1.807) is 37.3 Å². The van der Waals surface area contributed by atoms with Crippen molar-refractivity contribution < 1.29 is 24.5 Å². The zero-order valence-electron chi connectivity index (χ0n) is 17.2. The highest BCUT2D eigenvalue weighted by Gasteiger charge is 2.17. The molecule has 0 saturated heterocycles. The summed E-state index contributed by atoms with van der Waals surface area (Å²) in [5.41, 5.74) is 3.72. The molecule has 9 heteroatoms. The van der Waals surface area contributed by atoms with Crippen LogP contribution in [0.3, 0.4) is 0 Å². The number of aromatic hydroxyl groups is 2. The normalized spacial score (nSPS) is 11.0. The number of methoxy groups -OCH3 is 1. The van der Waals surface area contributed by atoms with Crippen LogP contribution in [0.2, 0.25) is 5.02 Å². The molecule has 0 aromatic heterocycles. The molecule has 3 aromatic carbocycles. The van der Waals surface area contributed by atoms with Crippen LogP contribution in [-0.4, -0.2) is 34.8 Å². The maximum absolute atomic E-state index is 12.8. The number of carbonyl (C=O) groups is 2. The first-order valence-electron chi connectivity index (χ1n) is 9.41. The van der Waals surface area contributed by atoms with Crippen molar-refractivity contribution in [3.8, 4) is 17.2 Å². The average molecular weight is 454 g/mol. The van der Waals surface area contributed by atoms with Crippen LogP contribution in [-0.2, 0) is 0 Å². The van der Waals surface area contributed by atoms with E-state index in [-0.39, 0.29) is 28.3 Å². The number of nitrogens with zero attached hydrogens (tertiary/aromatic N) is 1. The number of anilines is 1. The molecule has 8 nitrogen and oxygen atoms in total.